The molecule has 2 heterocycles. The Balaban J connectivity index is 2.41. The van der Waals surface area contributed by atoms with Gasteiger partial charge < -0.3 is 5.32 Å². The first kappa shape index (κ1) is 6.78. The molecule has 6 heteroatoms. The summed E-state index contributed by atoms with van der Waals surface area (Å²) in [6.45, 7) is 0.673. The Morgan fingerprint density at radius 1 is 1.64 bits per heavy atom. The van der Waals surface area contributed by atoms with Crippen LogP contribution >= 0.6 is 15.9 Å². The molecule has 0 saturated heterocycles. The molecule has 0 fully saturated rings. The quantitative estimate of drug-likeness (QED) is 0.666. The highest BCUT2D eigenvalue weighted by Crippen LogP contribution is 2.12. The van der Waals surface area contributed by atoms with Crippen molar-refractivity contribution < 1.29 is 4.79 Å². The number of halogens is 1. The molecule has 0 saturated carbocycles. The molecule has 1 aromatic heterocycles. The first-order valence-corrected chi connectivity index (χ1v) is 3.91. The Morgan fingerprint density at radius 3 is 3.27 bits per heavy atom. The normalized spacial score (nSPS) is 15.9. The van der Waals surface area contributed by atoms with Crippen LogP contribution in [-0.4, -0.2) is 27.1 Å². The van der Waals surface area contributed by atoms with Crippen LogP contribution in [0.2, 0.25) is 0 Å². The fourth-order valence-corrected chi connectivity index (χ4v) is 1.32. The summed E-state index contributed by atoms with van der Waals surface area (Å²) in [5, 5.41) is 6.78. The number of hydrogen-bond donors (Lipinski definition) is 1. The lowest BCUT2D eigenvalue weighted by Gasteiger charge is -2.11. The Kier molecular flexibility index (Phi) is 1.42. The lowest BCUT2D eigenvalue weighted by atomic mass is 10.3. The van der Waals surface area contributed by atoms with E-state index in [0.717, 1.165) is 0 Å². The highest BCUT2D eigenvalue weighted by molar-refractivity contribution is 9.10. The smallest absolute Gasteiger partial charge is 0.222 e. The van der Waals surface area contributed by atoms with E-state index >= 15 is 0 Å². The van der Waals surface area contributed by atoms with Gasteiger partial charge in [-0.1, -0.05) is 0 Å². The van der Waals surface area contributed by atoms with Crippen LogP contribution in [0.1, 0.15) is 0 Å². The fraction of sp³-hybridized carbons (Fsp3) is 0.400. The minimum atomic E-state index is 0.120. The maximum atomic E-state index is 10.9. The largest absolute Gasteiger partial charge is 0.347 e. The van der Waals surface area contributed by atoms with Gasteiger partial charge in [0.2, 0.25) is 10.7 Å². The molecule has 0 aromatic carbocycles. The number of carbonyl (C=O) groups is 1. The van der Waals surface area contributed by atoms with Crippen LogP contribution in [0.25, 0.3) is 0 Å². The Bertz CT molecular complexity index is 307. The zero-order chi connectivity index (χ0) is 7.84. The second-order valence-electron chi connectivity index (χ2n) is 2.25. The molecule has 0 bridgehead atoms. The van der Waals surface area contributed by atoms with E-state index in [-0.39, 0.29) is 5.78 Å². The van der Waals surface area contributed by atoms with Gasteiger partial charge in [0.15, 0.2) is 5.78 Å². The lowest BCUT2D eigenvalue weighted by molar-refractivity contribution is -0.118. The van der Waals surface area contributed by atoms with Gasteiger partial charge in [-0.05, 0) is 15.9 Å². The van der Waals surface area contributed by atoms with Gasteiger partial charge in [0.05, 0.1) is 6.54 Å². The number of nitrogens with one attached hydrogen (secondary N) is 1. The van der Waals surface area contributed by atoms with Crippen LogP contribution in [-0.2, 0) is 11.3 Å². The van der Waals surface area contributed by atoms with Crippen molar-refractivity contribution in [2.45, 2.75) is 6.54 Å². The second kappa shape index (κ2) is 2.30. The van der Waals surface area contributed by atoms with E-state index in [1.54, 1.807) is 0 Å². The Labute approximate surface area is 70.9 Å². The predicted molar refractivity (Wildman–Crippen MR) is 41.2 cm³/mol. The van der Waals surface area contributed by atoms with Crippen LogP contribution in [0, 0.1) is 0 Å². The summed E-state index contributed by atoms with van der Waals surface area (Å²) >= 11 is 3.12. The molecule has 0 amide bonds. The van der Waals surface area contributed by atoms with E-state index < -0.39 is 0 Å². The van der Waals surface area contributed by atoms with Gasteiger partial charge in [-0.25, -0.2) is 4.68 Å². The number of Topliss-reactive ketones (excluding diaryl/α,β-unsaturated/α-hetero) is 1. The SMILES string of the molecule is O=C1CNc2nc(Br)nn2C1. The third kappa shape index (κ3) is 1.13. The summed E-state index contributed by atoms with van der Waals surface area (Å²) in [5.41, 5.74) is 0. The van der Waals surface area contributed by atoms with Crippen molar-refractivity contribution in [3.8, 4) is 0 Å². The third-order valence-electron chi connectivity index (χ3n) is 1.42. The van der Waals surface area contributed by atoms with E-state index in [4.69, 9.17) is 0 Å². The molecule has 1 aliphatic heterocycles. The molecule has 1 aromatic rings. The van der Waals surface area contributed by atoms with Crippen LogP contribution in [0.5, 0.6) is 0 Å². The molecule has 11 heavy (non-hydrogen) atoms. The van der Waals surface area contributed by atoms with Gasteiger partial charge in [-0.15, -0.1) is 5.10 Å². The van der Waals surface area contributed by atoms with Gasteiger partial charge in [0, 0.05) is 0 Å². The molecule has 0 unspecified atom stereocenters. The number of nitrogens with zero attached hydrogens (tertiary/aromatic N) is 3. The van der Waals surface area contributed by atoms with E-state index in [1.807, 2.05) is 0 Å². The fourth-order valence-electron chi connectivity index (χ4n) is 0.956. The number of hydrogen-bond acceptors (Lipinski definition) is 4. The van der Waals surface area contributed by atoms with Crippen LogP contribution < -0.4 is 5.32 Å². The molecule has 0 aliphatic carbocycles. The topological polar surface area (TPSA) is 59.8 Å². The summed E-state index contributed by atoms with van der Waals surface area (Å²) in [6.07, 6.45) is 0. The molecule has 58 valence electrons. The highest BCUT2D eigenvalue weighted by atomic mass is 79.9. The molecule has 2 rings (SSSR count). The van der Waals surface area contributed by atoms with Crippen LogP contribution in [0.3, 0.4) is 0 Å². The highest BCUT2D eigenvalue weighted by Gasteiger charge is 2.16. The summed E-state index contributed by atoms with van der Waals surface area (Å²) in [4.78, 5) is 14.9. The molecule has 1 N–H and O–H groups in total. The van der Waals surface area contributed by atoms with Gasteiger partial charge in [-0.3, -0.25) is 4.79 Å². The standard InChI is InChI=1S/C5H5BrN4O/c6-4-8-5-7-1-3(11)2-10(5)9-4/h1-2H2,(H,7,8,9). The molecular formula is C5H5BrN4O. The summed E-state index contributed by atoms with van der Waals surface area (Å²) < 4.78 is 2.05. The zero-order valence-corrected chi connectivity index (χ0v) is 7.13. The summed E-state index contributed by atoms with van der Waals surface area (Å²) in [6, 6.07) is 0. The number of aromatic nitrogens is 3. The minimum absolute atomic E-state index is 0.120. The number of anilines is 1. The average Bonchev–Trinajstić information content (AvgIpc) is 2.27. The summed E-state index contributed by atoms with van der Waals surface area (Å²) in [7, 11) is 0. The van der Waals surface area contributed by atoms with Crippen molar-refractivity contribution in [2.24, 2.45) is 0 Å². The molecular weight excluding hydrogens is 212 g/mol. The van der Waals surface area contributed by atoms with Crippen molar-refractivity contribution in [2.75, 3.05) is 11.9 Å². The Hall–Kier alpha value is -0.910. The minimum Gasteiger partial charge on any atom is -0.347 e. The predicted octanol–water partition coefficient (Wildman–Crippen LogP) is 0.0352. The molecule has 0 radical (unpaired) electrons. The van der Waals surface area contributed by atoms with Crippen molar-refractivity contribution >= 4 is 27.7 Å². The second-order valence-corrected chi connectivity index (χ2v) is 2.96. The number of carbonyl (C=O) groups excluding carboxylic acids is 1. The first-order chi connectivity index (χ1) is 5.25. The molecule has 0 atom stereocenters. The van der Waals surface area contributed by atoms with E-state index in [2.05, 4.69) is 31.3 Å². The first-order valence-electron chi connectivity index (χ1n) is 3.11. The van der Waals surface area contributed by atoms with Crippen molar-refractivity contribution in [3.05, 3.63) is 4.73 Å². The molecule has 1 aliphatic rings. The van der Waals surface area contributed by atoms with E-state index in [0.29, 0.717) is 23.8 Å². The monoisotopic (exact) mass is 216 g/mol. The molecule has 0 spiro atoms. The van der Waals surface area contributed by atoms with Crippen molar-refractivity contribution in [1.29, 1.82) is 0 Å². The number of ketones is 1. The number of rotatable bonds is 0. The molecule has 5 nitrogen and oxygen atoms in total. The van der Waals surface area contributed by atoms with Crippen molar-refractivity contribution in [1.82, 2.24) is 14.8 Å². The summed E-state index contributed by atoms with van der Waals surface area (Å²) in [5.74, 6) is 0.770. The van der Waals surface area contributed by atoms with Crippen molar-refractivity contribution in [3.63, 3.8) is 0 Å². The number of fused-ring (bicyclic) bond motifs is 1. The van der Waals surface area contributed by atoms with Gasteiger partial charge in [-0.2, -0.15) is 4.98 Å². The van der Waals surface area contributed by atoms with Gasteiger partial charge in [0.1, 0.15) is 6.54 Å². The lowest BCUT2D eigenvalue weighted by Crippen LogP contribution is -2.27. The van der Waals surface area contributed by atoms with E-state index in [9.17, 15) is 4.79 Å². The van der Waals surface area contributed by atoms with E-state index in [1.165, 1.54) is 4.68 Å². The maximum Gasteiger partial charge on any atom is 0.222 e. The average molecular weight is 217 g/mol. The van der Waals surface area contributed by atoms with Gasteiger partial charge >= 0.3 is 0 Å². The zero-order valence-electron chi connectivity index (χ0n) is 5.54. The third-order valence-corrected chi connectivity index (χ3v) is 1.75. The Morgan fingerprint density at radius 2 is 2.45 bits per heavy atom. The van der Waals surface area contributed by atoms with Gasteiger partial charge in [0.25, 0.3) is 0 Å². The van der Waals surface area contributed by atoms with Crippen LogP contribution in [0.15, 0.2) is 4.73 Å². The van der Waals surface area contributed by atoms with Crippen LogP contribution in [0.4, 0.5) is 5.95 Å². The maximum absolute atomic E-state index is 10.9.